The summed E-state index contributed by atoms with van der Waals surface area (Å²) in [5.74, 6) is -0.726. The highest BCUT2D eigenvalue weighted by Gasteiger charge is 2.47. The van der Waals surface area contributed by atoms with Gasteiger partial charge < -0.3 is 14.4 Å². The van der Waals surface area contributed by atoms with Gasteiger partial charge in [0.1, 0.15) is 5.75 Å². The van der Waals surface area contributed by atoms with Crippen LogP contribution in [0.4, 0.5) is 5.69 Å². The summed E-state index contributed by atoms with van der Waals surface area (Å²) in [4.78, 5) is 40.9. The van der Waals surface area contributed by atoms with E-state index in [-0.39, 0.29) is 43.2 Å². The van der Waals surface area contributed by atoms with Crippen molar-refractivity contribution in [2.45, 2.75) is 52.5 Å². The van der Waals surface area contributed by atoms with Crippen LogP contribution in [-0.2, 0) is 19.1 Å². The van der Waals surface area contributed by atoms with E-state index in [0.29, 0.717) is 13.1 Å². The molecule has 2 amide bonds. The Bertz CT molecular complexity index is 839. The zero-order chi connectivity index (χ0) is 23.5. The van der Waals surface area contributed by atoms with Crippen LogP contribution < -0.4 is 9.64 Å². The van der Waals surface area contributed by atoms with Gasteiger partial charge in [-0.05, 0) is 57.4 Å². The molecule has 2 saturated heterocycles. The average Bonchev–Trinajstić information content (AvgIpc) is 3.33. The van der Waals surface area contributed by atoms with Gasteiger partial charge >= 0.3 is 5.97 Å². The number of ether oxygens (including phenoxy) is 2. The first kappa shape index (κ1) is 24.0. The molecule has 3 rings (SSSR count). The molecule has 2 atom stereocenters. The molecular weight excluding hydrogens is 410 g/mol. The van der Waals surface area contributed by atoms with Crippen LogP contribution in [0.15, 0.2) is 24.3 Å². The minimum Gasteiger partial charge on any atom is -0.497 e. The smallest absolute Gasteiger partial charge is 0.309 e. The van der Waals surface area contributed by atoms with Gasteiger partial charge in [-0.2, -0.15) is 0 Å². The van der Waals surface area contributed by atoms with Crippen LogP contribution in [0.5, 0.6) is 5.75 Å². The lowest BCUT2D eigenvalue weighted by atomic mass is 9.88. The van der Waals surface area contributed by atoms with E-state index in [0.717, 1.165) is 24.4 Å². The molecule has 0 spiro atoms. The first-order chi connectivity index (χ1) is 15.2. The van der Waals surface area contributed by atoms with E-state index < -0.39 is 11.5 Å². The second-order valence-electron chi connectivity index (χ2n) is 9.06. The fourth-order valence-electron chi connectivity index (χ4n) is 4.89. The molecule has 0 radical (unpaired) electrons. The van der Waals surface area contributed by atoms with Gasteiger partial charge in [0.25, 0.3) is 0 Å². The molecule has 1 aromatic rings. The standard InChI is InChI=1S/C24H35N3O5/c1-6-26-24(3,4)15-22(29)27(26)21(28)14-20(23(30)32-7-2)17-12-13-25(16-17)18-8-10-19(31-5)11-9-18/h8-11,17,20H,6-7,12-16H2,1-5H3/t17-,20+/m1/s1. The van der Waals surface area contributed by atoms with Crippen LogP contribution in [0.3, 0.4) is 0 Å². The van der Waals surface area contributed by atoms with Crippen molar-refractivity contribution in [1.82, 2.24) is 10.0 Å². The number of methoxy groups -OCH3 is 1. The average molecular weight is 446 g/mol. The molecule has 176 valence electrons. The third-order valence-corrected chi connectivity index (χ3v) is 6.51. The normalized spacial score (nSPS) is 21.7. The molecule has 2 fully saturated rings. The second kappa shape index (κ2) is 9.90. The van der Waals surface area contributed by atoms with Crippen molar-refractivity contribution in [3.63, 3.8) is 0 Å². The monoisotopic (exact) mass is 445 g/mol. The molecule has 8 nitrogen and oxygen atoms in total. The van der Waals surface area contributed by atoms with Crippen molar-refractivity contribution >= 4 is 23.5 Å². The Hall–Kier alpha value is -2.61. The molecule has 1 aromatic carbocycles. The van der Waals surface area contributed by atoms with Crippen LogP contribution in [0.25, 0.3) is 0 Å². The molecule has 32 heavy (non-hydrogen) atoms. The topological polar surface area (TPSA) is 79.4 Å². The number of hydrazine groups is 1. The maximum absolute atomic E-state index is 13.2. The molecule has 2 heterocycles. The highest BCUT2D eigenvalue weighted by Crippen LogP contribution is 2.35. The van der Waals surface area contributed by atoms with Crippen LogP contribution in [0.2, 0.25) is 0 Å². The number of rotatable bonds is 8. The Labute approximate surface area is 190 Å². The summed E-state index contributed by atoms with van der Waals surface area (Å²) >= 11 is 0. The van der Waals surface area contributed by atoms with Gasteiger partial charge in [0, 0.05) is 43.7 Å². The van der Waals surface area contributed by atoms with E-state index in [9.17, 15) is 14.4 Å². The van der Waals surface area contributed by atoms with Gasteiger partial charge in [-0.3, -0.25) is 14.4 Å². The van der Waals surface area contributed by atoms with E-state index in [4.69, 9.17) is 9.47 Å². The van der Waals surface area contributed by atoms with E-state index >= 15 is 0 Å². The summed E-state index contributed by atoms with van der Waals surface area (Å²) in [5, 5.41) is 3.06. The van der Waals surface area contributed by atoms with Gasteiger partial charge in [-0.1, -0.05) is 6.92 Å². The fourth-order valence-corrected chi connectivity index (χ4v) is 4.89. The molecule has 0 saturated carbocycles. The lowest BCUT2D eigenvalue weighted by Crippen LogP contribution is -2.50. The third kappa shape index (κ3) is 4.90. The summed E-state index contributed by atoms with van der Waals surface area (Å²) in [5.41, 5.74) is 0.635. The fraction of sp³-hybridized carbons (Fsp3) is 0.625. The maximum Gasteiger partial charge on any atom is 0.309 e. The summed E-state index contributed by atoms with van der Waals surface area (Å²) < 4.78 is 10.6. The first-order valence-corrected chi connectivity index (χ1v) is 11.4. The molecule has 0 N–H and O–H groups in total. The minimum atomic E-state index is -0.582. The number of hydrogen-bond acceptors (Lipinski definition) is 7. The van der Waals surface area contributed by atoms with Crippen molar-refractivity contribution in [2.75, 3.05) is 38.3 Å². The summed E-state index contributed by atoms with van der Waals surface area (Å²) in [7, 11) is 1.63. The van der Waals surface area contributed by atoms with Crippen molar-refractivity contribution in [3.05, 3.63) is 24.3 Å². The van der Waals surface area contributed by atoms with Crippen LogP contribution in [0.1, 0.15) is 47.0 Å². The number of benzene rings is 1. The van der Waals surface area contributed by atoms with E-state index in [1.165, 1.54) is 5.01 Å². The van der Waals surface area contributed by atoms with Crippen LogP contribution in [0, 0.1) is 11.8 Å². The summed E-state index contributed by atoms with van der Waals surface area (Å²) in [6, 6.07) is 7.82. The maximum atomic E-state index is 13.2. The number of hydrogen-bond donors (Lipinski definition) is 0. The van der Waals surface area contributed by atoms with E-state index in [1.54, 1.807) is 19.0 Å². The van der Waals surface area contributed by atoms with E-state index in [1.807, 2.05) is 45.0 Å². The molecule has 2 aliphatic heterocycles. The van der Waals surface area contributed by atoms with Crippen molar-refractivity contribution < 1.29 is 23.9 Å². The largest absolute Gasteiger partial charge is 0.497 e. The zero-order valence-corrected chi connectivity index (χ0v) is 19.8. The van der Waals surface area contributed by atoms with Crippen molar-refractivity contribution in [3.8, 4) is 5.75 Å². The van der Waals surface area contributed by atoms with E-state index in [2.05, 4.69) is 4.90 Å². The van der Waals surface area contributed by atoms with Gasteiger partial charge in [0.2, 0.25) is 11.8 Å². The first-order valence-electron chi connectivity index (χ1n) is 11.4. The van der Waals surface area contributed by atoms with Gasteiger partial charge in [0.05, 0.1) is 19.6 Å². The Morgan fingerprint density at radius 1 is 1.19 bits per heavy atom. The Kier molecular flexibility index (Phi) is 7.44. The summed E-state index contributed by atoms with van der Waals surface area (Å²) in [6.07, 6.45) is 1.03. The number of nitrogens with zero attached hydrogens (tertiary/aromatic N) is 3. The number of carbonyl (C=O) groups is 3. The molecule has 8 heteroatoms. The lowest BCUT2D eigenvalue weighted by molar-refractivity contribution is -0.164. The molecule has 2 aliphatic rings. The Balaban J connectivity index is 1.75. The van der Waals surface area contributed by atoms with Crippen LogP contribution >= 0.6 is 0 Å². The SMILES string of the molecule is CCOC(=O)[C@@H](CC(=O)N1C(=O)CC(C)(C)N1CC)[C@@H]1CCN(c2ccc(OC)cc2)C1. The predicted octanol–water partition coefficient (Wildman–Crippen LogP) is 2.87. The minimum absolute atomic E-state index is 0.0270. The molecule has 0 aromatic heterocycles. The quantitative estimate of drug-likeness (QED) is 0.569. The zero-order valence-electron chi connectivity index (χ0n) is 19.8. The lowest BCUT2D eigenvalue weighted by Gasteiger charge is -2.35. The highest BCUT2D eigenvalue weighted by molar-refractivity contribution is 5.98. The number of amides is 2. The molecule has 0 unspecified atom stereocenters. The number of anilines is 1. The Morgan fingerprint density at radius 3 is 2.47 bits per heavy atom. The van der Waals surface area contributed by atoms with Gasteiger partial charge in [0.15, 0.2) is 0 Å². The van der Waals surface area contributed by atoms with Gasteiger partial charge in [-0.25, -0.2) is 10.0 Å². The number of carbonyl (C=O) groups excluding carboxylic acids is 3. The predicted molar refractivity (Wildman–Crippen MR) is 121 cm³/mol. The van der Waals surface area contributed by atoms with Crippen molar-refractivity contribution in [2.24, 2.45) is 11.8 Å². The summed E-state index contributed by atoms with van der Waals surface area (Å²) in [6.45, 7) is 9.84. The van der Waals surface area contributed by atoms with Crippen molar-refractivity contribution in [1.29, 1.82) is 0 Å². The molecular formula is C24H35N3O5. The number of imide groups is 1. The highest BCUT2D eigenvalue weighted by atomic mass is 16.5. The molecule has 0 aliphatic carbocycles. The second-order valence-corrected chi connectivity index (χ2v) is 9.06. The number of esters is 1. The third-order valence-electron chi connectivity index (χ3n) is 6.51. The molecule has 0 bridgehead atoms. The van der Waals surface area contributed by atoms with Gasteiger partial charge in [-0.15, -0.1) is 0 Å². The van der Waals surface area contributed by atoms with Crippen LogP contribution in [-0.4, -0.2) is 66.7 Å². The Morgan fingerprint density at radius 2 is 1.88 bits per heavy atom.